The smallest absolute Gasteiger partial charge is 0.222 e. The molecule has 116 valence electrons. The summed E-state index contributed by atoms with van der Waals surface area (Å²) in [5.41, 5.74) is 7.70. The van der Waals surface area contributed by atoms with Crippen LogP contribution >= 0.6 is 11.6 Å². The summed E-state index contributed by atoms with van der Waals surface area (Å²) in [6.07, 6.45) is 2.96. The molecule has 1 saturated heterocycles. The van der Waals surface area contributed by atoms with E-state index in [4.69, 9.17) is 17.3 Å². The molecule has 4 nitrogen and oxygen atoms in total. The first-order chi connectivity index (χ1) is 10.1. The summed E-state index contributed by atoms with van der Waals surface area (Å²) >= 11 is 6.37. The zero-order valence-electron chi connectivity index (χ0n) is 12.6. The lowest BCUT2D eigenvalue weighted by molar-refractivity contribution is -0.122. The normalized spacial score (nSPS) is 18.8. The third-order valence-electron chi connectivity index (χ3n) is 3.99. The zero-order chi connectivity index (χ0) is 15.2. The van der Waals surface area contributed by atoms with Gasteiger partial charge < -0.3 is 16.0 Å². The minimum atomic E-state index is -0.201. The topological polar surface area (TPSA) is 58.4 Å². The Morgan fingerprint density at radius 2 is 2.33 bits per heavy atom. The van der Waals surface area contributed by atoms with Crippen molar-refractivity contribution >= 4 is 23.2 Å². The van der Waals surface area contributed by atoms with E-state index in [0.29, 0.717) is 6.54 Å². The summed E-state index contributed by atoms with van der Waals surface area (Å²) in [6.45, 7) is 5.50. The Morgan fingerprint density at radius 1 is 1.52 bits per heavy atom. The number of hydrogen-bond acceptors (Lipinski definition) is 3. The molecule has 0 radical (unpaired) electrons. The number of carbonyl (C=O) groups is 1. The molecule has 1 aromatic carbocycles. The van der Waals surface area contributed by atoms with Gasteiger partial charge in [0.05, 0.1) is 5.92 Å². The van der Waals surface area contributed by atoms with Crippen LogP contribution in [0.1, 0.15) is 31.7 Å². The van der Waals surface area contributed by atoms with E-state index >= 15 is 0 Å². The Kier molecular flexibility index (Phi) is 5.88. The maximum atomic E-state index is 11.5. The van der Waals surface area contributed by atoms with Gasteiger partial charge in [0.1, 0.15) is 0 Å². The SMILES string of the molecule is CCCNCc1c(Cl)cccc1N1CCCC(C(N)=O)C1. The number of nitrogens with zero attached hydrogens (tertiary/aromatic N) is 1. The Bertz CT molecular complexity index is 492. The summed E-state index contributed by atoms with van der Waals surface area (Å²) in [5.74, 6) is -0.262. The number of amides is 1. The second-order valence-electron chi connectivity index (χ2n) is 5.60. The van der Waals surface area contributed by atoms with E-state index in [1.165, 1.54) is 0 Å². The molecule has 1 amide bonds. The molecule has 1 aliphatic heterocycles. The molecule has 0 aromatic heterocycles. The molecule has 1 aromatic rings. The molecule has 3 N–H and O–H groups in total. The van der Waals surface area contributed by atoms with Crippen molar-refractivity contribution in [2.75, 3.05) is 24.5 Å². The van der Waals surface area contributed by atoms with Crippen molar-refractivity contribution in [3.8, 4) is 0 Å². The number of piperidine rings is 1. The minimum Gasteiger partial charge on any atom is -0.370 e. The van der Waals surface area contributed by atoms with Gasteiger partial charge >= 0.3 is 0 Å². The molecule has 5 heteroatoms. The van der Waals surface area contributed by atoms with Crippen LogP contribution in [-0.2, 0) is 11.3 Å². The number of nitrogens with one attached hydrogen (secondary N) is 1. The van der Waals surface area contributed by atoms with Gasteiger partial charge in [-0.3, -0.25) is 4.79 Å². The molecule has 1 fully saturated rings. The number of nitrogens with two attached hydrogens (primary N) is 1. The highest BCUT2D eigenvalue weighted by Crippen LogP contribution is 2.30. The number of carbonyl (C=O) groups excluding carboxylic acids is 1. The standard InChI is InChI=1S/C16H24ClN3O/c1-2-8-19-10-13-14(17)6-3-7-15(13)20-9-4-5-12(11-20)16(18)21/h3,6-7,12,19H,2,4-5,8-11H2,1H3,(H2,18,21). The first-order valence-corrected chi connectivity index (χ1v) is 8.03. The molecule has 0 spiro atoms. The molecule has 1 unspecified atom stereocenters. The van der Waals surface area contributed by atoms with Crippen molar-refractivity contribution in [1.29, 1.82) is 0 Å². The molecule has 1 heterocycles. The molecular formula is C16H24ClN3O. The lowest BCUT2D eigenvalue weighted by Crippen LogP contribution is -2.41. The zero-order valence-corrected chi connectivity index (χ0v) is 13.3. The van der Waals surface area contributed by atoms with E-state index in [0.717, 1.165) is 55.2 Å². The van der Waals surface area contributed by atoms with Gasteiger partial charge in [0.2, 0.25) is 5.91 Å². The van der Waals surface area contributed by atoms with Crippen molar-refractivity contribution in [2.24, 2.45) is 11.7 Å². The van der Waals surface area contributed by atoms with Crippen molar-refractivity contribution in [1.82, 2.24) is 5.32 Å². The van der Waals surface area contributed by atoms with Crippen LogP contribution in [0.5, 0.6) is 0 Å². The summed E-state index contributed by atoms with van der Waals surface area (Å²) < 4.78 is 0. The van der Waals surface area contributed by atoms with Crippen molar-refractivity contribution in [2.45, 2.75) is 32.7 Å². The fourth-order valence-electron chi connectivity index (χ4n) is 2.84. The van der Waals surface area contributed by atoms with Gasteiger partial charge in [0, 0.05) is 35.9 Å². The van der Waals surface area contributed by atoms with Crippen LogP contribution in [0.3, 0.4) is 0 Å². The molecule has 1 atom stereocenters. The van der Waals surface area contributed by atoms with Gasteiger partial charge in [-0.1, -0.05) is 24.6 Å². The number of benzene rings is 1. The van der Waals surface area contributed by atoms with E-state index < -0.39 is 0 Å². The maximum Gasteiger partial charge on any atom is 0.222 e. The van der Waals surface area contributed by atoms with E-state index in [-0.39, 0.29) is 11.8 Å². The van der Waals surface area contributed by atoms with Gasteiger partial charge in [0.25, 0.3) is 0 Å². The van der Waals surface area contributed by atoms with Crippen molar-refractivity contribution in [3.05, 3.63) is 28.8 Å². The summed E-state index contributed by atoms with van der Waals surface area (Å²) in [6, 6.07) is 5.97. The fourth-order valence-corrected chi connectivity index (χ4v) is 3.07. The second kappa shape index (κ2) is 7.66. The average molecular weight is 310 g/mol. The van der Waals surface area contributed by atoms with E-state index in [1.807, 2.05) is 12.1 Å². The van der Waals surface area contributed by atoms with Crippen LogP contribution in [0.15, 0.2) is 18.2 Å². The molecule has 2 rings (SSSR count). The monoisotopic (exact) mass is 309 g/mol. The predicted octanol–water partition coefficient (Wildman–Crippen LogP) is 2.54. The number of rotatable bonds is 6. The molecule has 0 aliphatic carbocycles. The second-order valence-corrected chi connectivity index (χ2v) is 6.01. The van der Waals surface area contributed by atoms with Gasteiger partial charge in [0.15, 0.2) is 0 Å². The fraction of sp³-hybridized carbons (Fsp3) is 0.562. The number of halogens is 1. The summed E-state index contributed by atoms with van der Waals surface area (Å²) in [4.78, 5) is 13.7. The number of anilines is 1. The summed E-state index contributed by atoms with van der Waals surface area (Å²) in [5, 5.41) is 4.18. The molecule has 21 heavy (non-hydrogen) atoms. The van der Waals surface area contributed by atoms with Crippen molar-refractivity contribution < 1.29 is 4.79 Å². The van der Waals surface area contributed by atoms with Gasteiger partial charge in [-0.2, -0.15) is 0 Å². The highest BCUT2D eigenvalue weighted by atomic mass is 35.5. The van der Waals surface area contributed by atoms with Crippen LogP contribution in [0.25, 0.3) is 0 Å². The van der Waals surface area contributed by atoms with Gasteiger partial charge in [-0.25, -0.2) is 0 Å². The van der Waals surface area contributed by atoms with Crippen LogP contribution in [0.4, 0.5) is 5.69 Å². The quantitative estimate of drug-likeness (QED) is 0.794. The lowest BCUT2D eigenvalue weighted by atomic mass is 9.96. The minimum absolute atomic E-state index is 0.0609. The Balaban J connectivity index is 2.17. The first-order valence-electron chi connectivity index (χ1n) is 7.65. The van der Waals surface area contributed by atoms with Crippen molar-refractivity contribution in [3.63, 3.8) is 0 Å². The van der Waals surface area contributed by atoms with Crippen LogP contribution in [-0.4, -0.2) is 25.5 Å². The largest absolute Gasteiger partial charge is 0.370 e. The Morgan fingerprint density at radius 3 is 3.05 bits per heavy atom. The number of primary amides is 1. The maximum absolute atomic E-state index is 11.5. The third-order valence-corrected chi connectivity index (χ3v) is 4.34. The molecule has 0 saturated carbocycles. The lowest BCUT2D eigenvalue weighted by Gasteiger charge is -2.34. The van der Waals surface area contributed by atoms with Gasteiger partial charge in [-0.15, -0.1) is 0 Å². The summed E-state index contributed by atoms with van der Waals surface area (Å²) in [7, 11) is 0. The predicted molar refractivity (Wildman–Crippen MR) is 87.6 cm³/mol. The van der Waals surface area contributed by atoms with Crippen LogP contribution in [0.2, 0.25) is 5.02 Å². The Labute approximate surface area is 131 Å². The first kappa shape index (κ1) is 16.1. The van der Waals surface area contributed by atoms with E-state index in [9.17, 15) is 4.79 Å². The highest BCUT2D eigenvalue weighted by molar-refractivity contribution is 6.31. The van der Waals surface area contributed by atoms with E-state index in [2.05, 4.69) is 23.2 Å². The third kappa shape index (κ3) is 4.11. The number of hydrogen-bond donors (Lipinski definition) is 2. The highest BCUT2D eigenvalue weighted by Gasteiger charge is 2.25. The molecule has 0 bridgehead atoms. The van der Waals surface area contributed by atoms with E-state index in [1.54, 1.807) is 0 Å². The Hall–Kier alpha value is -1.26. The molecular weight excluding hydrogens is 286 g/mol. The van der Waals surface area contributed by atoms with Gasteiger partial charge in [-0.05, 0) is 37.9 Å². The van der Waals surface area contributed by atoms with Crippen LogP contribution in [0, 0.1) is 5.92 Å². The average Bonchev–Trinajstić information content (AvgIpc) is 2.49. The van der Waals surface area contributed by atoms with Crippen LogP contribution < -0.4 is 16.0 Å². The molecule has 1 aliphatic rings.